The van der Waals surface area contributed by atoms with E-state index in [1.807, 2.05) is 10.6 Å². The van der Waals surface area contributed by atoms with Gasteiger partial charge >= 0.3 is 17.9 Å². The average molecular weight is 491 g/mol. The normalized spacial score (nSPS) is 15.0. The maximum atomic E-state index is 12.6. The second-order valence-corrected chi connectivity index (χ2v) is 7.32. The molecule has 0 fully saturated rings. The number of carboxylic acid groups (broad SMARTS) is 3. The van der Waals surface area contributed by atoms with Crippen LogP contribution in [0.2, 0.25) is 0 Å². The van der Waals surface area contributed by atoms with E-state index in [4.69, 9.17) is 21.7 Å². The number of hydrogen-bond acceptors (Lipinski definition) is 9. The molecule has 0 aromatic carbocycles. The standard InChI is InChI=1S/C18H29N5O11/c1-7(24)14(20)17(32)21-8(3-5-12(26)27)15(30)23-10(6-13(28)29)16(31)22-9(18(33)34)2-4-11(19)25/h7-10,14,24H,2-6,20H2,1H3,(H2,19,25)(H,21,32)(H,22,31)(H,23,30)(H,26,27)(H,28,29)(H,33,34)/t7-,8+,9+,10+,14+/m1/s1. The van der Waals surface area contributed by atoms with E-state index in [2.05, 4.69) is 5.32 Å². The lowest BCUT2D eigenvalue weighted by atomic mass is 10.1. The van der Waals surface area contributed by atoms with Crippen LogP contribution >= 0.6 is 0 Å². The Balaban J connectivity index is 5.59. The minimum atomic E-state index is -1.82. The van der Waals surface area contributed by atoms with E-state index in [9.17, 15) is 43.8 Å². The predicted molar refractivity (Wildman–Crippen MR) is 111 cm³/mol. The molecule has 0 saturated carbocycles. The van der Waals surface area contributed by atoms with Gasteiger partial charge in [-0.3, -0.25) is 28.8 Å². The number of aliphatic carboxylic acids is 3. The number of aliphatic hydroxyl groups excluding tert-OH is 1. The minimum absolute atomic E-state index is 0.403. The smallest absolute Gasteiger partial charge is 0.326 e. The molecule has 16 heteroatoms. The number of carboxylic acids is 3. The van der Waals surface area contributed by atoms with Crippen LogP contribution in [0.25, 0.3) is 0 Å². The largest absolute Gasteiger partial charge is 0.481 e. The summed E-state index contributed by atoms with van der Waals surface area (Å²) < 4.78 is 0. The summed E-state index contributed by atoms with van der Waals surface area (Å²) in [6.45, 7) is 1.20. The molecule has 34 heavy (non-hydrogen) atoms. The van der Waals surface area contributed by atoms with Crippen LogP contribution in [0.5, 0.6) is 0 Å². The number of carbonyl (C=O) groups is 7. The van der Waals surface area contributed by atoms with Gasteiger partial charge in [-0.1, -0.05) is 0 Å². The molecule has 0 unspecified atom stereocenters. The van der Waals surface area contributed by atoms with Gasteiger partial charge in [-0.15, -0.1) is 0 Å². The minimum Gasteiger partial charge on any atom is -0.481 e. The molecule has 0 aliphatic carbocycles. The second kappa shape index (κ2) is 14.4. The first-order valence-corrected chi connectivity index (χ1v) is 9.95. The summed E-state index contributed by atoms with van der Waals surface area (Å²) in [5.41, 5.74) is 10.4. The monoisotopic (exact) mass is 491 g/mol. The number of nitrogens with two attached hydrogens (primary N) is 2. The van der Waals surface area contributed by atoms with Crippen molar-refractivity contribution >= 4 is 41.5 Å². The van der Waals surface area contributed by atoms with E-state index in [0.29, 0.717) is 0 Å². The Labute approximate surface area is 193 Å². The first-order chi connectivity index (χ1) is 15.6. The molecule has 0 bridgehead atoms. The van der Waals surface area contributed by atoms with Gasteiger partial charge in [0, 0.05) is 12.8 Å². The highest BCUT2D eigenvalue weighted by Gasteiger charge is 2.32. The highest BCUT2D eigenvalue weighted by Crippen LogP contribution is 2.04. The first kappa shape index (κ1) is 30.2. The Bertz CT molecular complexity index is 801. The molecule has 0 radical (unpaired) electrons. The number of hydrogen-bond donors (Lipinski definition) is 9. The quantitative estimate of drug-likeness (QED) is 0.0993. The Morgan fingerprint density at radius 3 is 1.65 bits per heavy atom. The topological polar surface area (TPSA) is 289 Å². The van der Waals surface area contributed by atoms with Gasteiger partial charge in [0.2, 0.25) is 23.6 Å². The van der Waals surface area contributed by atoms with Gasteiger partial charge in [0.05, 0.1) is 12.5 Å². The molecular formula is C18H29N5O11. The third-order valence-corrected chi connectivity index (χ3v) is 4.41. The van der Waals surface area contributed by atoms with Crippen molar-refractivity contribution in [2.45, 2.75) is 69.3 Å². The van der Waals surface area contributed by atoms with Gasteiger partial charge in [-0.05, 0) is 19.8 Å². The van der Waals surface area contributed by atoms with Gasteiger partial charge in [0.1, 0.15) is 24.2 Å². The molecule has 4 amide bonds. The lowest BCUT2D eigenvalue weighted by molar-refractivity contribution is -0.144. The van der Waals surface area contributed by atoms with Crippen molar-refractivity contribution in [3.63, 3.8) is 0 Å². The fraction of sp³-hybridized carbons (Fsp3) is 0.611. The van der Waals surface area contributed by atoms with Crippen LogP contribution in [0, 0.1) is 0 Å². The molecular weight excluding hydrogens is 462 g/mol. The van der Waals surface area contributed by atoms with E-state index < -0.39 is 104 Å². The average Bonchev–Trinajstić information content (AvgIpc) is 2.71. The summed E-state index contributed by atoms with van der Waals surface area (Å²) in [5, 5.41) is 42.6. The maximum Gasteiger partial charge on any atom is 0.326 e. The first-order valence-electron chi connectivity index (χ1n) is 9.95. The molecule has 0 rings (SSSR count). The molecule has 0 aromatic heterocycles. The summed E-state index contributed by atoms with van der Waals surface area (Å²) in [6.07, 6.45) is -4.20. The van der Waals surface area contributed by atoms with Crippen LogP contribution < -0.4 is 27.4 Å². The van der Waals surface area contributed by atoms with Crippen molar-refractivity contribution in [1.29, 1.82) is 0 Å². The second-order valence-electron chi connectivity index (χ2n) is 7.32. The van der Waals surface area contributed by atoms with Crippen molar-refractivity contribution in [2.24, 2.45) is 11.5 Å². The van der Waals surface area contributed by atoms with Crippen molar-refractivity contribution in [2.75, 3.05) is 0 Å². The van der Waals surface area contributed by atoms with E-state index >= 15 is 0 Å². The number of rotatable bonds is 16. The lowest BCUT2D eigenvalue weighted by Gasteiger charge is -2.24. The summed E-state index contributed by atoms with van der Waals surface area (Å²) in [4.78, 5) is 81.4. The van der Waals surface area contributed by atoms with Crippen molar-refractivity contribution in [3.05, 3.63) is 0 Å². The number of nitrogens with one attached hydrogen (secondary N) is 3. The molecule has 5 atom stereocenters. The zero-order valence-corrected chi connectivity index (χ0v) is 18.2. The predicted octanol–water partition coefficient (Wildman–Crippen LogP) is -4.16. The molecule has 0 heterocycles. The molecule has 0 spiro atoms. The van der Waals surface area contributed by atoms with Crippen LogP contribution in [0.3, 0.4) is 0 Å². The molecule has 192 valence electrons. The van der Waals surface area contributed by atoms with Crippen molar-refractivity contribution in [1.82, 2.24) is 16.0 Å². The molecule has 0 aliphatic rings. The SMILES string of the molecule is C[C@@H](O)[C@H](N)C(=O)N[C@@H](CCC(=O)O)C(=O)N[C@@H](CC(=O)O)C(=O)N[C@@H](CCC(N)=O)C(=O)O. The zero-order chi connectivity index (χ0) is 26.6. The molecule has 0 aliphatic heterocycles. The summed E-state index contributed by atoms with van der Waals surface area (Å²) >= 11 is 0. The third kappa shape index (κ3) is 11.7. The van der Waals surface area contributed by atoms with Crippen molar-refractivity contribution in [3.8, 4) is 0 Å². The van der Waals surface area contributed by atoms with E-state index in [1.165, 1.54) is 6.92 Å². The van der Waals surface area contributed by atoms with Gasteiger partial charge in [0.25, 0.3) is 0 Å². The Hall–Kier alpha value is -3.79. The van der Waals surface area contributed by atoms with E-state index in [0.717, 1.165) is 0 Å². The van der Waals surface area contributed by atoms with E-state index in [1.54, 1.807) is 0 Å². The number of amides is 4. The van der Waals surface area contributed by atoms with Crippen LogP contribution in [0.1, 0.15) is 39.0 Å². The third-order valence-electron chi connectivity index (χ3n) is 4.41. The molecule has 0 saturated heterocycles. The Kier molecular flexibility index (Phi) is 12.8. The molecule has 0 aromatic rings. The lowest BCUT2D eigenvalue weighted by Crippen LogP contribution is -2.58. The zero-order valence-electron chi connectivity index (χ0n) is 18.2. The van der Waals surface area contributed by atoms with Crippen LogP contribution in [-0.2, 0) is 33.6 Å². The fourth-order valence-corrected chi connectivity index (χ4v) is 2.50. The van der Waals surface area contributed by atoms with Crippen molar-refractivity contribution < 1.29 is 54.0 Å². The maximum absolute atomic E-state index is 12.6. The summed E-state index contributed by atoms with van der Waals surface area (Å²) in [5.74, 6) is -8.67. The summed E-state index contributed by atoms with van der Waals surface area (Å²) in [7, 11) is 0. The Morgan fingerprint density at radius 1 is 0.735 bits per heavy atom. The fourth-order valence-electron chi connectivity index (χ4n) is 2.50. The van der Waals surface area contributed by atoms with Crippen LogP contribution in [-0.4, -0.2) is 92.2 Å². The highest BCUT2D eigenvalue weighted by molar-refractivity contribution is 5.95. The van der Waals surface area contributed by atoms with Crippen LogP contribution in [0.15, 0.2) is 0 Å². The Morgan fingerprint density at radius 2 is 1.21 bits per heavy atom. The van der Waals surface area contributed by atoms with E-state index in [-0.39, 0.29) is 0 Å². The number of primary amides is 1. The van der Waals surface area contributed by atoms with Gasteiger partial charge in [-0.25, -0.2) is 4.79 Å². The van der Waals surface area contributed by atoms with Gasteiger partial charge in [0.15, 0.2) is 0 Å². The number of aliphatic hydroxyl groups is 1. The highest BCUT2D eigenvalue weighted by atomic mass is 16.4. The number of carbonyl (C=O) groups excluding carboxylic acids is 4. The summed E-state index contributed by atoms with van der Waals surface area (Å²) in [6, 6.07) is -6.50. The molecule has 11 N–H and O–H groups in total. The van der Waals surface area contributed by atoms with Crippen LogP contribution in [0.4, 0.5) is 0 Å². The van der Waals surface area contributed by atoms with Gasteiger partial charge < -0.3 is 47.8 Å². The van der Waals surface area contributed by atoms with Gasteiger partial charge in [-0.2, -0.15) is 0 Å². The molecule has 16 nitrogen and oxygen atoms in total.